The van der Waals surface area contributed by atoms with E-state index in [4.69, 9.17) is 4.74 Å². The first-order valence-electron chi connectivity index (χ1n) is 6.76. The monoisotopic (exact) mass is 270 g/mol. The quantitative estimate of drug-likeness (QED) is 0.773. The lowest BCUT2D eigenvalue weighted by atomic mass is 10.2. The average molecular weight is 270 g/mol. The van der Waals surface area contributed by atoms with Crippen molar-refractivity contribution >= 4 is 10.9 Å². The zero-order chi connectivity index (χ0) is 14.7. The van der Waals surface area contributed by atoms with E-state index in [9.17, 15) is 0 Å². The van der Waals surface area contributed by atoms with Crippen LogP contribution in [0, 0.1) is 0 Å². The molecule has 0 aliphatic heterocycles. The molecule has 3 heteroatoms. The van der Waals surface area contributed by atoms with Crippen LogP contribution in [-0.4, -0.2) is 30.2 Å². The van der Waals surface area contributed by atoms with Crippen LogP contribution in [0.2, 0.25) is 0 Å². The molecule has 0 saturated heterocycles. The molecule has 0 saturated carbocycles. The van der Waals surface area contributed by atoms with Gasteiger partial charge in [0.2, 0.25) is 0 Å². The zero-order valence-electron chi connectivity index (χ0n) is 12.7. The Bertz CT molecular complexity index is 650. The maximum absolute atomic E-state index is 5.29. The number of ether oxygens (including phenoxy) is 1. The largest absolute Gasteiger partial charge is 0.497 e. The molecule has 0 radical (unpaired) electrons. The predicted molar refractivity (Wildman–Crippen MR) is 84.2 cm³/mol. The molecule has 1 atom stereocenters. The zero-order valence-corrected chi connectivity index (χ0v) is 12.7. The summed E-state index contributed by atoms with van der Waals surface area (Å²) in [5.74, 6) is 0.894. The Kier molecular flexibility index (Phi) is 4.33. The molecule has 0 fully saturated rings. The molecule has 1 heterocycles. The molecule has 20 heavy (non-hydrogen) atoms. The number of methoxy groups -OCH3 is 1. The molecular weight excluding hydrogens is 248 g/mol. The van der Waals surface area contributed by atoms with E-state index < -0.39 is 0 Å². The number of hydrogen-bond acceptors (Lipinski definition) is 2. The summed E-state index contributed by atoms with van der Waals surface area (Å²) in [5.41, 5.74) is 5.33. The van der Waals surface area contributed by atoms with Crippen LogP contribution in [0.3, 0.4) is 0 Å². The molecule has 0 aliphatic rings. The van der Waals surface area contributed by atoms with Crippen molar-refractivity contribution in [3.63, 3.8) is 0 Å². The summed E-state index contributed by atoms with van der Waals surface area (Å²) in [4.78, 5) is 2.27. The van der Waals surface area contributed by atoms with Crippen LogP contribution in [0.5, 0.6) is 5.75 Å². The van der Waals surface area contributed by atoms with Crippen molar-refractivity contribution in [2.24, 2.45) is 7.05 Å². The number of hydrogen-bond donors (Lipinski definition) is 0. The topological polar surface area (TPSA) is 17.4 Å². The third kappa shape index (κ3) is 2.64. The normalized spacial score (nSPS) is 12.4. The summed E-state index contributed by atoms with van der Waals surface area (Å²) < 4.78 is 7.54. The second-order valence-electron chi connectivity index (χ2n) is 5.08. The second kappa shape index (κ2) is 6.00. The van der Waals surface area contributed by atoms with Gasteiger partial charge >= 0.3 is 0 Å². The lowest BCUT2D eigenvalue weighted by Crippen LogP contribution is -2.23. The highest BCUT2D eigenvalue weighted by atomic mass is 16.5. The van der Waals surface area contributed by atoms with Crippen molar-refractivity contribution < 1.29 is 4.74 Å². The first-order chi connectivity index (χ1) is 9.58. The van der Waals surface area contributed by atoms with Gasteiger partial charge in [-0.3, -0.25) is 4.90 Å². The van der Waals surface area contributed by atoms with E-state index in [0.717, 1.165) is 12.3 Å². The van der Waals surface area contributed by atoms with Gasteiger partial charge in [0.25, 0.3) is 0 Å². The van der Waals surface area contributed by atoms with E-state index in [0.29, 0.717) is 6.04 Å². The van der Waals surface area contributed by atoms with Crippen LogP contribution in [0.1, 0.15) is 18.7 Å². The van der Waals surface area contributed by atoms with E-state index in [2.05, 4.69) is 61.0 Å². The molecule has 3 nitrogen and oxygen atoms in total. The molecule has 2 rings (SSSR count). The van der Waals surface area contributed by atoms with E-state index >= 15 is 0 Å². The molecule has 1 aromatic carbocycles. The number of fused-ring (bicyclic) bond motifs is 1. The van der Waals surface area contributed by atoms with Crippen molar-refractivity contribution in [3.8, 4) is 5.75 Å². The van der Waals surface area contributed by atoms with Crippen LogP contribution in [0.4, 0.5) is 0 Å². The van der Waals surface area contributed by atoms with Crippen LogP contribution in [0.25, 0.3) is 10.9 Å². The maximum Gasteiger partial charge on any atom is 0.119 e. The highest BCUT2D eigenvalue weighted by molar-refractivity contribution is 5.83. The Hall–Kier alpha value is -1.96. The summed E-state index contributed by atoms with van der Waals surface area (Å²) in [7, 11) is 5.91. The van der Waals surface area contributed by atoms with Crippen molar-refractivity contribution in [1.82, 2.24) is 9.47 Å². The van der Waals surface area contributed by atoms with Gasteiger partial charge in [0.15, 0.2) is 0 Å². The molecule has 0 bridgehead atoms. The first kappa shape index (κ1) is 14.4. The minimum atomic E-state index is 0.322. The van der Waals surface area contributed by atoms with Gasteiger partial charge in [-0.15, -0.1) is 5.73 Å². The molecule has 1 aromatic heterocycles. The van der Waals surface area contributed by atoms with Crippen molar-refractivity contribution in [2.45, 2.75) is 13.0 Å². The summed E-state index contributed by atoms with van der Waals surface area (Å²) in [6.07, 6.45) is 1.95. The molecule has 1 unspecified atom stereocenters. The summed E-state index contributed by atoms with van der Waals surface area (Å²) in [5, 5.41) is 1.21. The Morgan fingerprint density at radius 2 is 2.20 bits per heavy atom. The third-order valence-corrected chi connectivity index (χ3v) is 3.90. The second-order valence-corrected chi connectivity index (χ2v) is 5.08. The van der Waals surface area contributed by atoms with Gasteiger partial charge in [0.1, 0.15) is 5.75 Å². The van der Waals surface area contributed by atoms with E-state index in [1.165, 1.54) is 16.6 Å². The van der Waals surface area contributed by atoms with Gasteiger partial charge in [-0.05, 0) is 44.3 Å². The Labute approximate surface area is 120 Å². The van der Waals surface area contributed by atoms with Crippen LogP contribution in [0.15, 0.2) is 42.7 Å². The number of nitrogens with zero attached hydrogens (tertiary/aromatic N) is 2. The van der Waals surface area contributed by atoms with Crippen LogP contribution >= 0.6 is 0 Å². The van der Waals surface area contributed by atoms with Crippen molar-refractivity contribution in [3.05, 3.63) is 48.3 Å². The summed E-state index contributed by atoms with van der Waals surface area (Å²) in [6, 6.07) is 8.74. The van der Waals surface area contributed by atoms with Crippen molar-refractivity contribution in [2.75, 3.05) is 20.7 Å². The van der Waals surface area contributed by atoms with Gasteiger partial charge in [0.05, 0.1) is 7.11 Å². The fourth-order valence-electron chi connectivity index (χ4n) is 2.47. The molecule has 2 aromatic rings. The van der Waals surface area contributed by atoms with E-state index in [1.807, 2.05) is 12.1 Å². The molecule has 0 spiro atoms. The lowest BCUT2D eigenvalue weighted by Gasteiger charge is -2.23. The number of rotatable bonds is 5. The number of benzene rings is 1. The summed E-state index contributed by atoms with van der Waals surface area (Å²) in [6.45, 7) is 6.66. The van der Waals surface area contributed by atoms with Gasteiger partial charge < -0.3 is 9.30 Å². The Morgan fingerprint density at radius 1 is 1.45 bits per heavy atom. The van der Waals surface area contributed by atoms with Crippen LogP contribution < -0.4 is 4.74 Å². The lowest BCUT2D eigenvalue weighted by molar-refractivity contribution is 0.281. The molecule has 106 valence electrons. The van der Waals surface area contributed by atoms with E-state index in [1.54, 1.807) is 7.11 Å². The third-order valence-electron chi connectivity index (χ3n) is 3.90. The Morgan fingerprint density at radius 3 is 2.85 bits per heavy atom. The fourth-order valence-corrected chi connectivity index (χ4v) is 2.47. The van der Waals surface area contributed by atoms with E-state index in [-0.39, 0.29) is 0 Å². The minimum absolute atomic E-state index is 0.322. The average Bonchev–Trinajstić information content (AvgIpc) is 2.80. The first-order valence-corrected chi connectivity index (χ1v) is 6.76. The van der Waals surface area contributed by atoms with Crippen molar-refractivity contribution in [1.29, 1.82) is 0 Å². The molecule has 0 amide bonds. The predicted octanol–water partition coefficient (Wildman–Crippen LogP) is 3.52. The van der Waals surface area contributed by atoms with Gasteiger partial charge in [-0.2, -0.15) is 0 Å². The highest BCUT2D eigenvalue weighted by Crippen LogP contribution is 2.28. The van der Waals surface area contributed by atoms with Gasteiger partial charge in [-0.25, -0.2) is 0 Å². The minimum Gasteiger partial charge on any atom is -0.497 e. The molecule has 0 aliphatic carbocycles. The smallest absolute Gasteiger partial charge is 0.119 e. The standard InChI is InChI=1S/C17H22N2O/c1-6-7-10-18(3)13(2)17-12-14-11-15(20-5)8-9-16(14)19(17)4/h7-9,11-13H,1,10H2,2-5H3. The molecular formula is C17H22N2O. The summed E-state index contributed by atoms with van der Waals surface area (Å²) >= 11 is 0. The number of likely N-dealkylation sites (N-methyl/N-ethyl adjacent to an activating group) is 1. The van der Waals surface area contributed by atoms with Gasteiger partial charge in [0, 0.05) is 36.2 Å². The maximum atomic E-state index is 5.29. The highest BCUT2D eigenvalue weighted by Gasteiger charge is 2.16. The molecule has 0 N–H and O–H groups in total. The Balaban J connectivity index is 2.38. The van der Waals surface area contributed by atoms with Gasteiger partial charge in [-0.1, -0.05) is 6.58 Å². The SMILES string of the molecule is C=C=CCN(C)C(C)c1cc2cc(OC)ccc2n1C. The number of aromatic nitrogens is 1. The number of aryl methyl sites for hydroxylation is 1. The fraction of sp³-hybridized carbons (Fsp3) is 0.353. The van der Waals surface area contributed by atoms with Crippen LogP contribution in [-0.2, 0) is 7.05 Å².